The van der Waals surface area contributed by atoms with E-state index in [0.717, 1.165) is 22.3 Å². The van der Waals surface area contributed by atoms with Crippen molar-refractivity contribution in [1.29, 1.82) is 0 Å². The minimum atomic E-state index is 0.463. The zero-order valence-electron chi connectivity index (χ0n) is 13.6. The van der Waals surface area contributed by atoms with Crippen LogP contribution in [0.5, 0.6) is 0 Å². The van der Waals surface area contributed by atoms with Crippen LogP contribution < -0.4 is 5.73 Å². The van der Waals surface area contributed by atoms with Crippen LogP contribution in [0.2, 0.25) is 0 Å². The van der Waals surface area contributed by atoms with Crippen molar-refractivity contribution in [2.75, 3.05) is 0 Å². The molecule has 0 radical (unpaired) electrons. The van der Waals surface area contributed by atoms with E-state index in [9.17, 15) is 0 Å². The number of aryl methyl sites for hydroxylation is 1. The van der Waals surface area contributed by atoms with Gasteiger partial charge in [-0.3, -0.25) is 0 Å². The molecule has 0 aliphatic heterocycles. The van der Waals surface area contributed by atoms with E-state index in [-0.39, 0.29) is 0 Å². The number of allylic oxidation sites excluding steroid dienone is 4. The number of hydrogen-bond donors (Lipinski definition) is 1. The van der Waals surface area contributed by atoms with Crippen LogP contribution in [0.25, 0.3) is 17.2 Å². The Morgan fingerprint density at radius 1 is 1.13 bits per heavy atom. The molecule has 0 atom stereocenters. The number of hydrogen-bond acceptors (Lipinski definition) is 1. The normalized spacial score (nSPS) is 12.4. The van der Waals surface area contributed by atoms with E-state index in [1.165, 1.54) is 11.1 Å². The molecule has 0 spiro atoms. The number of rotatable bonds is 4. The minimum absolute atomic E-state index is 0.463. The summed E-state index contributed by atoms with van der Waals surface area (Å²) in [4.78, 5) is 0. The zero-order chi connectivity index (χ0) is 16.8. The van der Waals surface area contributed by atoms with Gasteiger partial charge < -0.3 is 0 Å². The first-order valence-electron chi connectivity index (χ1n) is 7.50. The summed E-state index contributed by atoms with van der Waals surface area (Å²) in [5.41, 5.74) is 12.8. The summed E-state index contributed by atoms with van der Waals surface area (Å²) in [6.45, 7) is 7.99. The molecule has 2 aromatic carbocycles. The van der Waals surface area contributed by atoms with Gasteiger partial charge >= 0.3 is 139 Å². The fraction of sp³-hybridized carbons (Fsp3) is 0.0952. The van der Waals surface area contributed by atoms with Crippen molar-refractivity contribution in [3.8, 4) is 5.80 Å². The van der Waals surface area contributed by atoms with Gasteiger partial charge in [-0.05, 0) is 0 Å². The van der Waals surface area contributed by atoms with Crippen LogP contribution in [0.3, 0.4) is 0 Å². The van der Waals surface area contributed by atoms with Gasteiger partial charge in [0.25, 0.3) is 0 Å². The Morgan fingerprint density at radius 3 is 2.48 bits per heavy atom. The Balaban J connectivity index is 2.51. The summed E-state index contributed by atoms with van der Waals surface area (Å²) in [5.74, 6) is 2.50. The Morgan fingerprint density at radius 2 is 1.83 bits per heavy atom. The van der Waals surface area contributed by atoms with Crippen molar-refractivity contribution in [2.45, 2.75) is 13.8 Å². The van der Waals surface area contributed by atoms with Crippen molar-refractivity contribution < 1.29 is 0 Å². The maximum atomic E-state index is 5.86. The first-order valence-corrected chi connectivity index (χ1v) is 7.50. The molecule has 2 aromatic rings. The average Bonchev–Trinajstić information content (AvgIpc) is 2.59. The predicted molar refractivity (Wildman–Crippen MR) is 102 cm³/mol. The molecule has 2 rings (SSSR count). The first-order chi connectivity index (χ1) is 11.1. The summed E-state index contributed by atoms with van der Waals surface area (Å²) in [6, 6.07) is 16.5. The van der Waals surface area contributed by atoms with Crippen LogP contribution in [0.4, 0.5) is 0 Å². The molecule has 112 valence electrons. The van der Waals surface area contributed by atoms with E-state index >= 15 is 0 Å². The van der Waals surface area contributed by atoms with Gasteiger partial charge in [0.15, 0.2) is 0 Å². The predicted octanol–water partition coefficient (Wildman–Crippen LogP) is 4.54. The van der Waals surface area contributed by atoms with Crippen molar-refractivity contribution >= 4 is 24.5 Å². The second kappa shape index (κ2) is 7.53. The quantitative estimate of drug-likeness (QED) is 0.500. The van der Waals surface area contributed by atoms with Gasteiger partial charge in [-0.25, -0.2) is 0 Å². The third kappa shape index (κ3) is 3.94. The van der Waals surface area contributed by atoms with Crippen molar-refractivity contribution in [1.82, 2.24) is 0 Å². The van der Waals surface area contributed by atoms with Crippen LogP contribution in [0, 0.1) is 12.7 Å². The third-order valence-electron chi connectivity index (χ3n) is 3.91. The first kappa shape index (κ1) is 16.7. The molecule has 0 aliphatic carbocycles. The van der Waals surface area contributed by atoms with Crippen LogP contribution in [-0.4, -0.2) is 7.33 Å². The maximum absolute atomic E-state index is 5.86. The summed E-state index contributed by atoms with van der Waals surface area (Å²) >= 11 is 0. The molecule has 0 fully saturated rings. The Labute approximate surface area is 139 Å². The second-order valence-electron chi connectivity index (χ2n) is 5.42. The molecule has 0 aliphatic rings. The molecule has 2 N–H and O–H groups in total. The summed E-state index contributed by atoms with van der Waals surface area (Å²) in [6.07, 6.45) is 4.01. The Kier molecular flexibility index (Phi) is 5.46. The van der Waals surface area contributed by atoms with Crippen LogP contribution in [0.1, 0.15) is 29.2 Å². The molecule has 2 heteroatoms. The van der Waals surface area contributed by atoms with E-state index in [1.54, 1.807) is 0 Å². The van der Waals surface area contributed by atoms with Gasteiger partial charge in [0.2, 0.25) is 0 Å². The zero-order valence-corrected chi connectivity index (χ0v) is 13.6. The molecule has 1 nitrogen and oxygen atoms in total. The molecular weight excluding hydrogens is 277 g/mol. The number of benzene rings is 2. The van der Waals surface area contributed by atoms with E-state index in [0.29, 0.717) is 5.70 Å². The molecule has 0 bridgehead atoms. The molecule has 0 unspecified atom stereocenters. The molecule has 23 heavy (non-hydrogen) atoms. The SMILES string of the molecule is B#C/C(N)=C(/C)c1cccc(/C(C=C)=C/c2ccccc2C)c1. The van der Waals surface area contributed by atoms with Gasteiger partial charge in [0.05, 0.1) is 0 Å². The summed E-state index contributed by atoms with van der Waals surface area (Å²) in [5, 5.41) is 0. The van der Waals surface area contributed by atoms with Gasteiger partial charge in [0.1, 0.15) is 0 Å². The third-order valence-corrected chi connectivity index (χ3v) is 3.91. The molecule has 0 amide bonds. The second-order valence-corrected chi connectivity index (χ2v) is 5.42. The summed E-state index contributed by atoms with van der Waals surface area (Å²) < 4.78 is 0. The van der Waals surface area contributed by atoms with E-state index < -0.39 is 0 Å². The van der Waals surface area contributed by atoms with Crippen molar-refractivity contribution in [3.63, 3.8) is 0 Å². The summed E-state index contributed by atoms with van der Waals surface area (Å²) in [7, 11) is 5.39. The van der Waals surface area contributed by atoms with E-state index in [4.69, 9.17) is 13.1 Å². The van der Waals surface area contributed by atoms with E-state index in [1.807, 2.05) is 37.3 Å². The standard InChI is InChI=1S/C21H20BN/c1-4-17(12-18-9-6-5-8-15(18)2)20-11-7-10-19(13-20)16(3)21(23)14-22/h4-13H,1,23H2,2-3H3/b17-12+,21-16+. The average molecular weight is 297 g/mol. The van der Waals surface area contributed by atoms with E-state index in [2.05, 4.69) is 49.6 Å². The number of nitrogens with two attached hydrogens (primary N) is 1. The molecule has 0 saturated heterocycles. The Bertz CT molecular complexity index is 835. The van der Waals surface area contributed by atoms with Gasteiger partial charge in [-0.2, -0.15) is 0 Å². The topological polar surface area (TPSA) is 26.0 Å². The van der Waals surface area contributed by atoms with Gasteiger partial charge in [-0.15, -0.1) is 0 Å². The fourth-order valence-electron chi connectivity index (χ4n) is 2.37. The van der Waals surface area contributed by atoms with Crippen molar-refractivity contribution in [3.05, 3.63) is 89.1 Å². The fourth-order valence-corrected chi connectivity index (χ4v) is 2.37. The van der Waals surface area contributed by atoms with Crippen LogP contribution in [0.15, 0.2) is 66.9 Å². The van der Waals surface area contributed by atoms with Gasteiger partial charge in [-0.1, -0.05) is 0 Å². The Hall–Kier alpha value is -2.70. The van der Waals surface area contributed by atoms with Crippen LogP contribution >= 0.6 is 0 Å². The molecule has 0 aromatic heterocycles. The molecule has 0 heterocycles. The van der Waals surface area contributed by atoms with Gasteiger partial charge in [0, 0.05) is 0 Å². The van der Waals surface area contributed by atoms with Crippen molar-refractivity contribution in [2.24, 2.45) is 5.73 Å². The monoisotopic (exact) mass is 297 g/mol. The molecule has 0 saturated carbocycles. The molecular formula is C21H20BN. The van der Waals surface area contributed by atoms with Crippen LogP contribution in [-0.2, 0) is 0 Å².